The lowest BCUT2D eigenvalue weighted by Gasteiger charge is -2.11. The van der Waals surface area contributed by atoms with E-state index in [-0.39, 0.29) is 6.54 Å². The summed E-state index contributed by atoms with van der Waals surface area (Å²) in [4.78, 5) is 3.98. The molecule has 0 aliphatic rings. The molecule has 1 aromatic carbocycles. The van der Waals surface area contributed by atoms with E-state index < -0.39 is 17.6 Å². The van der Waals surface area contributed by atoms with Gasteiger partial charge in [0.05, 0.1) is 11.3 Å². The maximum Gasteiger partial charge on any atom is 0.419 e. The summed E-state index contributed by atoms with van der Waals surface area (Å²) >= 11 is 3.21. The summed E-state index contributed by atoms with van der Waals surface area (Å²) in [5.74, 6) is -1.27. The molecule has 2 rings (SSSR count). The van der Waals surface area contributed by atoms with E-state index in [0.717, 1.165) is 12.1 Å². The first-order valence-electron chi connectivity index (χ1n) is 5.58. The van der Waals surface area contributed by atoms with Crippen molar-refractivity contribution in [1.82, 2.24) is 4.98 Å². The van der Waals surface area contributed by atoms with Crippen molar-refractivity contribution in [3.8, 4) is 0 Å². The van der Waals surface area contributed by atoms with Gasteiger partial charge in [-0.1, -0.05) is 6.07 Å². The Balaban J connectivity index is 2.17. The first-order chi connectivity index (χ1) is 9.38. The molecule has 0 aliphatic carbocycles. The fourth-order valence-corrected chi connectivity index (χ4v) is 2.01. The highest BCUT2D eigenvalue weighted by atomic mass is 79.9. The summed E-state index contributed by atoms with van der Waals surface area (Å²) in [5, 5.41) is 2.93. The third-order valence-electron chi connectivity index (χ3n) is 2.58. The molecular formula is C13H9BrF4N2. The largest absolute Gasteiger partial charge is 0.419 e. The Morgan fingerprint density at radius 3 is 2.60 bits per heavy atom. The molecule has 1 aromatic heterocycles. The molecule has 1 heterocycles. The number of benzene rings is 1. The Labute approximate surface area is 121 Å². The molecule has 0 saturated carbocycles. The highest BCUT2D eigenvalue weighted by molar-refractivity contribution is 9.10. The molecule has 0 atom stereocenters. The average Bonchev–Trinajstić information content (AvgIpc) is 2.38. The molecule has 0 radical (unpaired) electrons. The van der Waals surface area contributed by atoms with Gasteiger partial charge in [-0.2, -0.15) is 13.2 Å². The Bertz CT molecular complexity index is 614. The number of hydrogen-bond donors (Lipinski definition) is 1. The fraction of sp³-hybridized carbons (Fsp3) is 0.154. The number of aromatic nitrogens is 1. The van der Waals surface area contributed by atoms with Gasteiger partial charge in [0.15, 0.2) is 0 Å². The van der Waals surface area contributed by atoms with E-state index in [0.29, 0.717) is 15.9 Å². The van der Waals surface area contributed by atoms with Crippen LogP contribution in [-0.4, -0.2) is 4.98 Å². The minimum Gasteiger partial charge on any atom is -0.379 e. The number of nitrogens with one attached hydrogen (secondary N) is 1. The monoisotopic (exact) mass is 348 g/mol. The quantitative estimate of drug-likeness (QED) is 0.646. The van der Waals surface area contributed by atoms with Gasteiger partial charge in [0, 0.05) is 12.7 Å². The van der Waals surface area contributed by atoms with Crippen molar-refractivity contribution in [2.45, 2.75) is 12.7 Å². The number of halogens is 5. The van der Waals surface area contributed by atoms with Crippen LogP contribution in [-0.2, 0) is 12.7 Å². The van der Waals surface area contributed by atoms with E-state index in [9.17, 15) is 17.6 Å². The molecule has 0 aliphatic heterocycles. The van der Waals surface area contributed by atoms with Crippen molar-refractivity contribution in [1.29, 1.82) is 0 Å². The van der Waals surface area contributed by atoms with E-state index >= 15 is 0 Å². The molecule has 0 unspecified atom stereocenters. The summed E-state index contributed by atoms with van der Waals surface area (Å²) < 4.78 is 51.4. The second-order valence-corrected chi connectivity index (χ2v) is 4.76. The highest BCUT2D eigenvalue weighted by Gasteiger charge is 2.34. The second-order valence-electron chi connectivity index (χ2n) is 4.01. The van der Waals surface area contributed by atoms with Gasteiger partial charge >= 0.3 is 6.18 Å². The third kappa shape index (κ3) is 3.47. The maximum atomic E-state index is 13.1. The van der Waals surface area contributed by atoms with Gasteiger partial charge in [-0.25, -0.2) is 9.37 Å². The summed E-state index contributed by atoms with van der Waals surface area (Å²) in [6, 6.07) is 6.34. The number of alkyl halides is 3. The molecule has 0 amide bonds. The second kappa shape index (κ2) is 5.78. The van der Waals surface area contributed by atoms with Gasteiger partial charge in [0.25, 0.3) is 0 Å². The molecule has 106 valence electrons. The average molecular weight is 349 g/mol. The summed E-state index contributed by atoms with van der Waals surface area (Å²) in [6.07, 6.45) is -3.12. The lowest BCUT2D eigenvalue weighted by Crippen LogP contribution is -2.10. The summed E-state index contributed by atoms with van der Waals surface area (Å²) in [6.45, 7) is 0.133. The Kier molecular flexibility index (Phi) is 4.27. The van der Waals surface area contributed by atoms with E-state index in [2.05, 4.69) is 26.2 Å². The van der Waals surface area contributed by atoms with Crippen LogP contribution >= 0.6 is 15.9 Å². The Morgan fingerprint density at radius 1 is 1.20 bits per heavy atom. The van der Waals surface area contributed by atoms with Gasteiger partial charge < -0.3 is 5.32 Å². The fourth-order valence-electron chi connectivity index (χ4n) is 1.61. The van der Waals surface area contributed by atoms with Crippen LogP contribution in [0.4, 0.5) is 23.2 Å². The van der Waals surface area contributed by atoms with Crippen LogP contribution < -0.4 is 5.32 Å². The van der Waals surface area contributed by atoms with Crippen molar-refractivity contribution in [2.24, 2.45) is 0 Å². The zero-order valence-electron chi connectivity index (χ0n) is 10.0. The van der Waals surface area contributed by atoms with Crippen molar-refractivity contribution in [3.05, 3.63) is 58.1 Å². The van der Waals surface area contributed by atoms with Gasteiger partial charge in [0.2, 0.25) is 0 Å². The van der Waals surface area contributed by atoms with Crippen molar-refractivity contribution >= 4 is 21.6 Å². The zero-order chi connectivity index (χ0) is 14.8. The van der Waals surface area contributed by atoms with Crippen LogP contribution in [0.2, 0.25) is 0 Å². The number of pyridine rings is 1. The lowest BCUT2D eigenvalue weighted by atomic mass is 10.1. The number of anilines is 1. The van der Waals surface area contributed by atoms with E-state index in [1.807, 2.05) is 0 Å². The molecule has 0 bridgehead atoms. The van der Waals surface area contributed by atoms with Gasteiger partial charge in [-0.05, 0) is 45.8 Å². The molecule has 2 nitrogen and oxygen atoms in total. The predicted octanol–water partition coefficient (Wildman–Crippen LogP) is 4.61. The van der Waals surface area contributed by atoms with Crippen LogP contribution in [0, 0.1) is 5.82 Å². The van der Waals surface area contributed by atoms with Crippen LogP contribution in [0.25, 0.3) is 0 Å². The Morgan fingerprint density at radius 2 is 1.95 bits per heavy atom. The zero-order valence-corrected chi connectivity index (χ0v) is 11.6. The number of nitrogens with zero attached hydrogens (tertiary/aromatic N) is 1. The predicted molar refractivity (Wildman–Crippen MR) is 70.7 cm³/mol. The van der Waals surface area contributed by atoms with Gasteiger partial charge in [-0.3, -0.25) is 0 Å². The highest BCUT2D eigenvalue weighted by Crippen LogP contribution is 2.32. The lowest BCUT2D eigenvalue weighted by molar-refractivity contribution is -0.140. The molecule has 0 fully saturated rings. The Hall–Kier alpha value is -1.63. The number of hydrogen-bond acceptors (Lipinski definition) is 2. The van der Waals surface area contributed by atoms with Crippen molar-refractivity contribution < 1.29 is 17.6 Å². The molecule has 0 saturated heterocycles. The van der Waals surface area contributed by atoms with E-state index in [1.165, 1.54) is 6.07 Å². The molecule has 7 heteroatoms. The normalized spacial score (nSPS) is 11.4. The minimum atomic E-state index is -4.70. The maximum absolute atomic E-state index is 13.1. The van der Waals surface area contributed by atoms with Crippen molar-refractivity contribution in [2.75, 3.05) is 5.32 Å². The van der Waals surface area contributed by atoms with Crippen LogP contribution in [0.3, 0.4) is 0 Å². The van der Waals surface area contributed by atoms with Crippen molar-refractivity contribution in [3.63, 3.8) is 0 Å². The van der Waals surface area contributed by atoms with Crippen LogP contribution in [0.5, 0.6) is 0 Å². The molecular weight excluding hydrogens is 340 g/mol. The molecule has 1 N–H and O–H groups in total. The minimum absolute atomic E-state index is 0.133. The smallest absolute Gasteiger partial charge is 0.379 e. The van der Waals surface area contributed by atoms with Gasteiger partial charge in [-0.15, -0.1) is 0 Å². The summed E-state index contributed by atoms with van der Waals surface area (Å²) in [7, 11) is 0. The topological polar surface area (TPSA) is 24.9 Å². The first-order valence-corrected chi connectivity index (χ1v) is 6.37. The number of rotatable bonds is 3. The standard InChI is InChI=1S/C13H9BrF4N2/c14-12-11(2-1-5-19-12)20-7-8-3-4-10(15)9(6-8)13(16,17)18/h1-6,20H,7H2. The first kappa shape index (κ1) is 14.8. The van der Waals surface area contributed by atoms with Crippen LogP contribution in [0.1, 0.15) is 11.1 Å². The molecule has 20 heavy (non-hydrogen) atoms. The van der Waals surface area contributed by atoms with E-state index in [1.54, 1.807) is 18.3 Å². The summed E-state index contributed by atoms with van der Waals surface area (Å²) in [5.41, 5.74) is -0.290. The van der Waals surface area contributed by atoms with E-state index in [4.69, 9.17) is 0 Å². The SMILES string of the molecule is Fc1ccc(CNc2cccnc2Br)cc1C(F)(F)F. The van der Waals surface area contributed by atoms with Gasteiger partial charge in [0.1, 0.15) is 10.4 Å². The third-order valence-corrected chi connectivity index (χ3v) is 3.21. The molecule has 0 spiro atoms. The molecule has 2 aromatic rings. The van der Waals surface area contributed by atoms with Crippen LogP contribution in [0.15, 0.2) is 41.1 Å².